The predicted molar refractivity (Wildman–Crippen MR) is 79.9 cm³/mol. The Hall–Kier alpha value is -1.51. The molecule has 2 aliphatic carbocycles. The fourth-order valence-corrected chi connectivity index (χ4v) is 3.44. The molecule has 0 amide bonds. The van der Waals surface area contributed by atoms with Gasteiger partial charge in [0.25, 0.3) is 0 Å². The van der Waals surface area contributed by atoms with Crippen molar-refractivity contribution in [1.82, 2.24) is 0 Å². The van der Waals surface area contributed by atoms with E-state index in [2.05, 4.69) is 5.32 Å². The fraction of sp³-hybridized carbons (Fsp3) is 0.588. The molecule has 2 unspecified atom stereocenters. The van der Waals surface area contributed by atoms with Gasteiger partial charge in [0.1, 0.15) is 0 Å². The van der Waals surface area contributed by atoms with Crippen molar-refractivity contribution >= 4 is 11.7 Å². The number of nitrogens with one attached hydrogen (secondary N) is 1. The minimum Gasteiger partial charge on any atom is -0.465 e. The van der Waals surface area contributed by atoms with E-state index in [1.54, 1.807) is 6.07 Å². The normalized spacial score (nSPS) is 26.1. The molecule has 0 aromatic heterocycles. The van der Waals surface area contributed by atoms with Crippen LogP contribution < -0.4 is 5.32 Å². The van der Waals surface area contributed by atoms with Gasteiger partial charge in [-0.2, -0.15) is 0 Å². The number of benzene rings is 1. The first kappa shape index (κ1) is 13.5. The van der Waals surface area contributed by atoms with E-state index in [1.807, 2.05) is 18.2 Å². The number of ether oxygens (including phenoxy) is 1. The smallest absolute Gasteiger partial charge is 0.337 e. The molecular formula is C17H23NO2. The molecule has 2 fully saturated rings. The first-order valence-electron chi connectivity index (χ1n) is 7.71. The number of anilines is 1. The standard InChI is InChI=1S/C17H23NO2/c1-20-17(19)14-5-3-7-16(11-14)18-15-6-2-4-13(10-15)12-8-9-12/h3,5,7,11-13,15,18H,2,4,6,8-10H2,1H3. The molecule has 3 heteroatoms. The summed E-state index contributed by atoms with van der Waals surface area (Å²) >= 11 is 0. The van der Waals surface area contributed by atoms with Gasteiger partial charge in [-0.1, -0.05) is 18.9 Å². The first-order valence-corrected chi connectivity index (χ1v) is 7.71. The van der Waals surface area contributed by atoms with Crippen molar-refractivity contribution in [3.8, 4) is 0 Å². The van der Waals surface area contributed by atoms with E-state index < -0.39 is 0 Å². The Morgan fingerprint density at radius 1 is 1.20 bits per heavy atom. The van der Waals surface area contributed by atoms with Gasteiger partial charge < -0.3 is 10.1 Å². The number of hydrogen-bond acceptors (Lipinski definition) is 3. The minimum absolute atomic E-state index is 0.270. The molecule has 0 heterocycles. The SMILES string of the molecule is COC(=O)c1cccc(NC2CCCC(C3CC3)C2)c1. The van der Waals surface area contributed by atoms with Crippen molar-refractivity contribution in [3.63, 3.8) is 0 Å². The fourth-order valence-electron chi connectivity index (χ4n) is 3.44. The molecule has 1 aromatic rings. The summed E-state index contributed by atoms with van der Waals surface area (Å²) in [5, 5.41) is 3.61. The third-order valence-electron chi connectivity index (χ3n) is 4.66. The van der Waals surface area contributed by atoms with Gasteiger partial charge in [0, 0.05) is 11.7 Å². The summed E-state index contributed by atoms with van der Waals surface area (Å²) in [6, 6.07) is 8.20. The summed E-state index contributed by atoms with van der Waals surface area (Å²) < 4.78 is 4.77. The zero-order chi connectivity index (χ0) is 13.9. The Balaban J connectivity index is 1.63. The number of carbonyl (C=O) groups is 1. The van der Waals surface area contributed by atoms with Crippen LogP contribution in [0.2, 0.25) is 0 Å². The van der Waals surface area contributed by atoms with E-state index >= 15 is 0 Å². The molecule has 0 aliphatic heterocycles. The molecule has 1 N–H and O–H groups in total. The predicted octanol–water partition coefficient (Wildman–Crippen LogP) is 3.85. The average Bonchev–Trinajstić information content (AvgIpc) is 3.32. The molecule has 2 atom stereocenters. The van der Waals surface area contributed by atoms with Crippen LogP contribution in [-0.4, -0.2) is 19.1 Å². The molecule has 3 rings (SSSR count). The summed E-state index contributed by atoms with van der Waals surface area (Å²) in [6.45, 7) is 0. The van der Waals surface area contributed by atoms with Gasteiger partial charge in [0.2, 0.25) is 0 Å². The quantitative estimate of drug-likeness (QED) is 0.847. The van der Waals surface area contributed by atoms with Crippen molar-refractivity contribution in [1.29, 1.82) is 0 Å². The maximum Gasteiger partial charge on any atom is 0.337 e. The van der Waals surface area contributed by atoms with Crippen LogP contribution in [0.4, 0.5) is 5.69 Å². The van der Waals surface area contributed by atoms with Gasteiger partial charge in [0.15, 0.2) is 0 Å². The van der Waals surface area contributed by atoms with Crippen LogP contribution in [0.15, 0.2) is 24.3 Å². The monoisotopic (exact) mass is 273 g/mol. The third kappa shape index (κ3) is 3.14. The van der Waals surface area contributed by atoms with E-state index in [-0.39, 0.29) is 5.97 Å². The molecule has 0 bridgehead atoms. The van der Waals surface area contributed by atoms with E-state index in [4.69, 9.17) is 4.74 Å². The van der Waals surface area contributed by atoms with Crippen molar-refractivity contribution < 1.29 is 9.53 Å². The van der Waals surface area contributed by atoms with Crippen LogP contribution in [0, 0.1) is 11.8 Å². The molecule has 2 saturated carbocycles. The molecule has 20 heavy (non-hydrogen) atoms. The maximum atomic E-state index is 11.6. The number of esters is 1. The second-order valence-corrected chi connectivity index (χ2v) is 6.18. The van der Waals surface area contributed by atoms with Gasteiger partial charge in [-0.3, -0.25) is 0 Å². The van der Waals surface area contributed by atoms with E-state index in [1.165, 1.54) is 45.6 Å². The van der Waals surface area contributed by atoms with E-state index in [0.29, 0.717) is 11.6 Å². The molecule has 0 radical (unpaired) electrons. The number of rotatable bonds is 4. The van der Waals surface area contributed by atoms with E-state index in [0.717, 1.165) is 17.5 Å². The van der Waals surface area contributed by atoms with Crippen LogP contribution in [0.1, 0.15) is 48.9 Å². The Morgan fingerprint density at radius 3 is 2.80 bits per heavy atom. The Labute approximate surface area is 120 Å². The summed E-state index contributed by atoms with van der Waals surface area (Å²) in [5.41, 5.74) is 1.65. The van der Waals surface area contributed by atoms with E-state index in [9.17, 15) is 4.79 Å². The number of methoxy groups -OCH3 is 1. The Morgan fingerprint density at radius 2 is 2.05 bits per heavy atom. The third-order valence-corrected chi connectivity index (χ3v) is 4.66. The molecule has 1 aromatic carbocycles. The summed E-state index contributed by atoms with van der Waals surface area (Å²) in [4.78, 5) is 11.6. The van der Waals surface area contributed by atoms with Crippen molar-refractivity contribution in [2.24, 2.45) is 11.8 Å². The highest BCUT2D eigenvalue weighted by molar-refractivity contribution is 5.90. The molecule has 3 nitrogen and oxygen atoms in total. The summed E-state index contributed by atoms with van der Waals surface area (Å²) in [7, 11) is 1.42. The van der Waals surface area contributed by atoms with Gasteiger partial charge in [-0.05, 0) is 55.7 Å². The number of hydrogen-bond donors (Lipinski definition) is 1. The van der Waals surface area contributed by atoms with Crippen LogP contribution >= 0.6 is 0 Å². The lowest BCUT2D eigenvalue weighted by Gasteiger charge is -2.30. The van der Waals surface area contributed by atoms with Crippen LogP contribution in [0.25, 0.3) is 0 Å². The maximum absolute atomic E-state index is 11.6. The zero-order valence-electron chi connectivity index (χ0n) is 12.1. The first-order chi connectivity index (χ1) is 9.76. The molecule has 0 saturated heterocycles. The van der Waals surface area contributed by atoms with Crippen LogP contribution in [-0.2, 0) is 4.74 Å². The van der Waals surface area contributed by atoms with Crippen LogP contribution in [0.5, 0.6) is 0 Å². The average molecular weight is 273 g/mol. The van der Waals surface area contributed by atoms with Crippen molar-refractivity contribution in [2.75, 3.05) is 12.4 Å². The lowest BCUT2D eigenvalue weighted by molar-refractivity contribution is 0.0601. The topological polar surface area (TPSA) is 38.3 Å². The molecular weight excluding hydrogens is 250 g/mol. The van der Waals surface area contributed by atoms with Crippen molar-refractivity contribution in [2.45, 2.75) is 44.6 Å². The minimum atomic E-state index is -0.270. The second-order valence-electron chi connectivity index (χ2n) is 6.18. The van der Waals surface area contributed by atoms with Crippen LogP contribution in [0.3, 0.4) is 0 Å². The van der Waals surface area contributed by atoms with Gasteiger partial charge >= 0.3 is 5.97 Å². The Bertz CT molecular complexity index is 482. The zero-order valence-corrected chi connectivity index (χ0v) is 12.1. The van der Waals surface area contributed by atoms with Crippen molar-refractivity contribution in [3.05, 3.63) is 29.8 Å². The summed E-state index contributed by atoms with van der Waals surface area (Å²) in [6.07, 6.45) is 8.14. The van der Waals surface area contributed by atoms with Gasteiger partial charge in [-0.25, -0.2) is 4.79 Å². The lowest BCUT2D eigenvalue weighted by atomic mass is 9.82. The molecule has 2 aliphatic rings. The molecule has 0 spiro atoms. The highest BCUT2D eigenvalue weighted by Gasteiger charge is 2.34. The van der Waals surface area contributed by atoms with Gasteiger partial charge in [-0.15, -0.1) is 0 Å². The lowest BCUT2D eigenvalue weighted by Crippen LogP contribution is -2.28. The highest BCUT2D eigenvalue weighted by atomic mass is 16.5. The highest BCUT2D eigenvalue weighted by Crippen LogP contribution is 2.44. The second kappa shape index (κ2) is 5.86. The Kier molecular flexibility index (Phi) is 3.95. The molecule has 108 valence electrons. The number of carbonyl (C=O) groups excluding carboxylic acids is 1. The summed E-state index contributed by atoms with van der Waals surface area (Å²) in [5.74, 6) is 1.65. The largest absolute Gasteiger partial charge is 0.465 e. The van der Waals surface area contributed by atoms with Gasteiger partial charge in [0.05, 0.1) is 12.7 Å².